The van der Waals surface area contributed by atoms with Crippen molar-refractivity contribution in [1.29, 1.82) is 0 Å². The Hall–Kier alpha value is -8.02. The fraction of sp³-hybridized carbons (Fsp3) is 0. The molecule has 0 N–H and O–H groups in total. The van der Waals surface area contributed by atoms with Crippen LogP contribution in [0.1, 0.15) is 0 Å². The van der Waals surface area contributed by atoms with Crippen LogP contribution in [0.4, 0.5) is 0 Å². The van der Waals surface area contributed by atoms with Crippen molar-refractivity contribution in [2.45, 2.75) is 0 Å². The lowest BCUT2D eigenvalue weighted by atomic mass is 10.0. The zero-order valence-electron chi connectivity index (χ0n) is 31.7. The highest BCUT2D eigenvalue weighted by atomic mass is 16.3. The average molecular weight is 753 g/mol. The van der Waals surface area contributed by atoms with E-state index >= 15 is 0 Å². The van der Waals surface area contributed by atoms with Gasteiger partial charge in [-0.15, -0.1) is 0 Å². The summed E-state index contributed by atoms with van der Waals surface area (Å²) >= 11 is 0. The molecule has 0 unspecified atom stereocenters. The predicted octanol–water partition coefficient (Wildman–Crippen LogP) is 14.2. The second-order valence-electron chi connectivity index (χ2n) is 15.4. The second kappa shape index (κ2) is 12.2. The van der Waals surface area contributed by atoms with Crippen LogP contribution in [0.5, 0.6) is 0 Å². The summed E-state index contributed by atoms with van der Waals surface area (Å²) < 4.78 is 11.1. The molecule has 0 aliphatic rings. The summed E-state index contributed by atoms with van der Waals surface area (Å²) in [6, 6.07) is 69.3. The number of aromatic nitrogens is 4. The molecule has 5 heteroatoms. The summed E-state index contributed by atoms with van der Waals surface area (Å²) in [4.78, 5) is 10.7. The summed E-state index contributed by atoms with van der Waals surface area (Å²) in [5, 5.41) is 10.7. The molecule has 4 heterocycles. The van der Waals surface area contributed by atoms with Crippen LogP contribution in [-0.2, 0) is 0 Å². The third-order valence-corrected chi connectivity index (χ3v) is 12.1. The number of fused-ring (bicyclic) bond motifs is 11. The molecule has 0 aliphatic carbocycles. The zero-order chi connectivity index (χ0) is 38.6. The van der Waals surface area contributed by atoms with Crippen LogP contribution in [0.2, 0.25) is 0 Å². The molecule has 4 aromatic heterocycles. The number of rotatable bonds is 4. The minimum atomic E-state index is 0.526. The van der Waals surface area contributed by atoms with Crippen molar-refractivity contribution in [2.24, 2.45) is 0 Å². The van der Waals surface area contributed by atoms with E-state index in [9.17, 15) is 0 Å². The highest BCUT2D eigenvalue weighted by Crippen LogP contribution is 2.41. The fourth-order valence-corrected chi connectivity index (χ4v) is 9.33. The predicted molar refractivity (Wildman–Crippen MR) is 244 cm³/mol. The van der Waals surface area contributed by atoms with E-state index in [-0.39, 0.29) is 0 Å². The van der Waals surface area contributed by atoms with Gasteiger partial charge >= 0.3 is 0 Å². The first-order chi connectivity index (χ1) is 29.2. The molecule has 0 saturated carbocycles. The molecule has 274 valence electrons. The van der Waals surface area contributed by atoms with Gasteiger partial charge in [0.15, 0.2) is 0 Å². The normalized spacial score (nSPS) is 12.1. The third kappa shape index (κ3) is 4.79. The number of para-hydroxylation sites is 3. The minimum absolute atomic E-state index is 0.526. The maximum atomic E-state index is 6.35. The van der Waals surface area contributed by atoms with Crippen molar-refractivity contribution in [3.8, 4) is 33.9 Å². The Morgan fingerprint density at radius 3 is 1.56 bits per heavy atom. The maximum absolute atomic E-state index is 6.35. The Labute approximate surface area is 337 Å². The standard InChI is InChI=1S/C54H32N4O/c1-2-16-39(17-3-1)57-46-20-10-8-18-41(46)43-30-38(24-27-47(43)57)52-51(55-53-42-19-9-11-21-50(42)59-54(53)56-52)33-22-25-40(26-23-33)58-48-31-36-14-6-4-12-34(36)28-44(48)45-29-35-13-5-7-15-37(35)32-49(45)58/h1-32H. The number of hydrogen-bond donors (Lipinski definition) is 0. The van der Waals surface area contributed by atoms with Gasteiger partial charge in [-0.25, -0.2) is 9.97 Å². The summed E-state index contributed by atoms with van der Waals surface area (Å²) in [5.74, 6) is 0. The molecule has 13 rings (SSSR count). The van der Waals surface area contributed by atoms with Crippen LogP contribution in [0.3, 0.4) is 0 Å². The first kappa shape index (κ1) is 32.1. The van der Waals surface area contributed by atoms with Gasteiger partial charge in [0.05, 0.1) is 27.8 Å². The van der Waals surface area contributed by atoms with Gasteiger partial charge in [0.2, 0.25) is 5.71 Å². The Bertz CT molecular complexity index is 3740. The minimum Gasteiger partial charge on any atom is -0.436 e. The van der Waals surface area contributed by atoms with Gasteiger partial charge in [0, 0.05) is 49.4 Å². The SMILES string of the molecule is c1ccc(-n2c3ccccc3c3cc(-c4nc5oc6ccccc6c5nc4-c4ccc(-n5c6cc7ccccc7cc6c6cc7ccccc7cc65)cc4)ccc32)cc1. The monoisotopic (exact) mass is 752 g/mol. The van der Waals surface area contributed by atoms with E-state index in [4.69, 9.17) is 14.4 Å². The van der Waals surface area contributed by atoms with Crippen LogP contribution >= 0.6 is 0 Å². The van der Waals surface area contributed by atoms with E-state index in [2.05, 4.69) is 185 Å². The number of hydrogen-bond acceptors (Lipinski definition) is 3. The Balaban J connectivity index is 1.03. The molecule has 9 aromatic carbocycles. The van der Waals surface area contributed by atoms with Crippen LogP contribution in [0.15, 0.2) is 199 Å². The van der Waals surface area contributed by atoms with E-state index in [0.717, 1.165) is 66.8 Å². The maximum Gasteiger partial charge on any atom is 0.246 e. The molecular weight excluding hydrogens is 721 g/mol. The van der Waals surface area contributed by atoms with E-state index < -0.39 is 0 Å². The summed E-state index contributed by atoms with van der Waals surface area (Å²) in [6.07, 6.45) is 0. The average Bonchev–Trinajstić information content (AvgIpc) is 3.94. The molecule has 0 saturated heterocycles. The number of nitrogens with zero attached hydrogens (tertiary/aromatic N) is 4. The fourth-order valence-electron chi connectivity index (χ4n) is 9.33. The summed E-state index contributed by atoms with van der Waals surface area (Å²) in [5.41, 5.74) is 12.4. The van der Waals surface area contributed by atoms with Gasteiger partial charge in [0.25, 0.3) is 0 Å². The first-order valence-corrected chi connectivity index (χ1v) is 20.0. The van der Waals surface area contributed by atoms with Crippen LogP contribution in [0.25, 0.3) is 121 Å². The molecule has 0 fully saturated rings. The van der Waals surface area contributed by atoms with Gasteiger partial charge in [-0.2, -0.15) is 0 Å². The van der Waals surface area contributed by atoms with Gasteiger partial charge in [-0.05, 0) is 100 Å². The molecule has 13 aromatic rings. The molecule has 0 bridgehead atoms. The van der Waals surface area contributed by atoms with Crippen molar-refractivity contribution < 1.29 is 4.42 Å². The van der Waals surface area contributed by atoms with E-state index in [0.29, 0.717) is 5.71 Å². The molecule has 0 radical (unpaired) electrons. The lowest BCUT2D eigenvalue weighted by Crippen LogP contribution is -1.97. The quantitative estimate of drug-likeness (QED) is 0.180. The zero-order valence-corrected chi connectivity index (χ0v) is 31.7. The summed E-state index contributed by atoms with van der Waals surface area (Å²) in [7, 11) is 0. The molecule has 59 heavy (non-hydrogen) atoms. The molecule has 0 atom stereocenters. The van der Waals surface area contributed by atoms with Gasteiger partial charge in [0.1, 0.15) is 16.8 Å². The van der Waals surface area contributed by atoms with Crippen molar-refractivity contribution in [1.82, 2.24) is 19.1 Å². The highest BCUT2D eigenvalue weighted by molar-refractivity contribution is 6.17. The van der Waals surface area contributed by atoms with E-state index in [1.165, 1.54) is 48.7 Å². The smallest absolute Gasteiger partial charge is 0.246 e. The van der Waals surface area contributed by atoms with Crippen molar-refractivity contribution in [3.05, 3.63) is 194 Å². The van der Waals surface area contributed by atoms with Crippen LogP contribution < -0.4 is 0 Å². The first-order valence-electron chi connectivity index (χ1n) is 20.0. The highest BCUT2D eigenvalue weighted by Gasteiger charge is 2.21. The van der Waals surface area contributed by atoms with E-state index in [1.54, 1.807) is 0 Å². The second-order valence-corrected chi connectivity index (χ2v) is 15.4. The van der Waals surface area contributed by atoms with Gasteiger partial charge in [-0.3, -0.25) is 0 Å². The van der Waals surface area contributed by atoms with Crippen molar-refractivity contribution >= 4 is 87.4 Å². The Morgan fingerprint density at radius 1 is 0.339 bits per heavy atom. The number of furan rings is 1. The van der Waals surface area contributed by atoms with Crippen molar-refractivity contribution in [3.63, 3.8) is 0 Å². The van der Waals surface area contributed by atoms with Gasteiger partial charge in [-0.1, -0.05) is 115 Å². The van der Waals surface area contributed by atoms with Gasteiger partial charge < -0.3 is 13.6 Å². The van der Waals surface area contributed by atoms with Crippen LogP contribution in [0, 0.1) is 0 Å². The Morgan fingerprint density at radius 2 is 0.847 bits per heavy atom. The Kier molecular flexibility index (Phi) is 6.66. The molecule has 0 aliphatic heterocycles. The lowest BCUT2D eigenvalue weighted by Gasteiger charge is -2.12. The topological polar surface area (TPSA) is 48.8 Å². The molecule has 0 spiro atoms. The molecule has 0 amide bonds. The number of benzene rings is 9. The third-order valence-electron chi connectivity index (χ3n) is 12.1. The van der Waals surface area contributed by atoms with Crippen molar-refractivity contribution in [2.75, 3.05) is 0 Å². The summed E-state index contributed by atoms with van der Waals surface area (Å²) in [6.45, 7) is 0. The van der Waals surface area contributed by atoms with Crippen LogP contribution in [-0.4, -0.2) is 19.1 Å². The molecule has 5 nitrogen and oxygen atoms in total. The lowest BCUT2D eigenvalue weighted by molar-refractivity contribution is 0.653. The largest absolute Gasteiger partial charge is 0.436 e. The van der Waals surface area contributed by atoms with E-state index in [1.807, 2.05) is 18.2 Å². The molecular formula is C54H32N4O.